The van der Waals surface area contributed by atoms with E-state index in [1.807, 2.05) is 24.4 Å². The summed E-state index contributed by atoms with van der Waals surface area (Å²) in [4.78, 5) is 18.9. The highest BCUT2D eigenvalue weighted by Crippen LogP contribution is 2.39. The Hall–Kier alpha value is -3.18. The number of likely N-dealkylation sites (tertiary alicyclic amines) is 1. The Morgan fingerprint density at radius 2 is 1.70 bits per heavy atom. The van der Waals surface area contributed by atoms with Gasteiger partial charge in [-0.25, -0.2) is 4.79 Å². The number of piperidine rings is 1. The third-order valence-electron chi connectivity index (χ3n) is 6.64. The summed E-state index contributed by atoms with van der Waals surface area (Å²) < 4.78 is 4.94. The van der Waals surface area contributed by atoms with Crippen molar-refractivity contribution in [3.05, 3.63) is 95.8 Å². The molecule has 1 aromatic heterocycles. The number of ether oxygens (including phenoxy) is 1. The van der Waals surface area contributed by atoms with Crippen molar-refractivity contribution < 1.29 is 9.53 Å². The summed E-state index contributed by atoms with van der Waals surface area (Å²) in [6.07, 6.45) is 5.93. The van der Waals surface area contributed by atoms with Crippen molar-refractivity contribution in [3.8, 4) is 0 Å². The zero-order chi connectivity index (χ0) is 22.9. The van der Waals surface area contributed by atoms with Crippen molar-refractivity contribution in [2.45, 2.75) is 44.6 Å². The van der Waals surface area contributed by atoms with Crippen LogP contribution in [0.15, 0.2) is 79.0 Å². The Bertz CT molecular complexity index is 998. The molecule has 2 heterocycles. The fraction of sp³-hybridized carbons (Fsp3) is 0.357. The first kappa shape index (κ1) is 23.0. The molecule has 1 aliphatic heterocycles. The van der Waals surface area contributed by atoms with E-state index in [4.69, 9.17) is 9.72 Å². The molecule has 0 aliphatic carbocycles. The Morgan fingerprint density at radius 3 is 2.36 bits per heavy atom. The predicted octanol–water partition coefficient (Wildman–Crippen LogP) is 5.82. The van der Waals surface area contributed by atoms with Crippen LogP contribution in [0.5, 0.6) is 0 Å². The molecule has 1 N–H and O–H groups in total. The molecule has 0 bridgehead atoms. The standard InChI is InChI=1S/C28H33N3O2/c1-2-33-27(32)30-25-13-11-24(12-14-25)22-31-20-17-28(18-21-31,26-10-6-7-19-29-26)16-15-23-8-4-3-5-9-23/h3-14,19H,2,15-18,20-22H2,1H3,(H,30,32). The van der Waals surface area contributed by atoms with Crippen LogP contribution in [0.1, 0.15) is 43.0 Å². The highest BCUT2D eigenvalue weighted by Gasteiger charge is 2.36. The number of aryl methyl sites for hydroxylation is 1. The van der Waals surface area contributed by atoms with Crippen LogP contribution in [0.25, 0.3) is 0 Å². The maximum atomic E-state index is 11.6. The van der Waals surface area contributed by atoms with Crippen LogP contribution in [0.2, 0.25) is 0 Å². The summed E-state index contributed by atoms with van der Waals surface area (Å²) >= 11 is 0. The van der Waals surface area contributed by atoms with Gasteiger partial charge in [0, 0.05) is 29.5 Å². The van der Waals surface area contributed by atoms with E-state index in [-0.39, 0.29) is 5.41 Å². The van der Waals surface area contributed by atoms with Crippen LogP contribution in [-0.2, 0) is 23.1 Å². The lowest BCUT2D eigenvalue weighted by molar-refractivity contribution is 0.143. The van der Waals surface area contributed by atoms with Crippen molar-refractivity contribution in [2.24, 2.45) is 0 Å². The Morgan fingerprint density at radius 1 is 0.970 bits per heavy atom. The van der Waals surface area contributed by atoms with Gasteiger partial charge in [-0.15, -0.1) is 0 Å². The quantitative estimate of drug-likeness (QED) is 0.477. The number of amides is 1. The van der Waals surface area contributed by atoms with E-state index in [9.17, 15) is 4.79 Å². The van der Waals surface area contributed by atoms with Crippen molar-refractivity contribution in [3.63, 3.8) is 0 Å². The average molecular weight is 444 g/mol. The Balaban J connectivity index is 1.37. The smallest absolute Gasteiger partial charge is 0.411 e. The number of pyridine rings is 1. The van der Waals surface area contributed by atoms with Crippen LogP contribution in [0.3, 0.4) is 0 Å². The second-order valence-electron chi connectivity index (χ2n) is 8.80. The normalized spacial score (nSPS) is 15.7. The molecule has 0 atom stereocenters. The number of anilines is 1. The first-order valence-corrected chi connectivity index (χ1v) is 11.9. The number of carbonyl (C=O) groups is 1. The SMILES string of the molecule is CCOC(=O)Nc1ccc(CN2CCC(CCc3ccccc3)(c3ccccn3)CC2)cc1. The Kier molecular flexibility index (Phi) is 7.74. The first-order valence-electron chi connectivity index (χ1n) is 11.9. The summed E-state index contributed by atoms with van der Waals surface area (Å²) in [6, 6.07) is 25.1. The van der Waals surface area contributed by atoms with Gasteiger partial charge in [0.25, 0.3) is 0 Å². The van der Waals surface area contributed by atoms with E-state index in [1.54, 1.807) is 6.92 Å². The maximum Gasteiger partial charge on any atom is 0.411 e. The Labute approximate surface area is 196 Å². The number of nitrogens with zero attached hydrogens (tertiary/aromatic N) is 2. The molecular weight excluding hydrogens is 410 g/mol. The molecule has 172 valence electrons. The molecule has 0 saturated carbocycles. The van der Waals surface area contributed by atoms with Crippen LogP contribution < -0.4 is 5.32 Å². The lowest BCUT2D eigenvalue weighted by Gasteiger charge is -2.42. The molecule has 1 aliphatic rings. The first-order chi connectivity index (χ1) is 16.2. The van der Waals surface area contributed by atoms with Crippen LogP contribution in [0.4, 0.5) is 10.5 Å². The van der Waals surface area contributed by atoms with E-state index in [0.29, 0.717) is 6.61 Å². The molecule has 3 aromatic rings. The van der Waals surface area contributed by atoms with Gasteiger partial charge < -0.3 is 4.74 Å². The fourth-order valence-corrected chi connectivity index (χ4v) is 4.71. The van der Waals surface area contributed by atoms with Gasteiger partial charge in [-0.2, -0.15) is 0 Å². The van der Waals surface area contributed by atoms with Gasteiger partial charge in [0.15, 0.2) is 0 Å². The number of hydrogen-bond donors (Lipinski definition) is 1. The molecule has 0 radical (unpaired) electrons. The lowest BCUT2D eigenvalue weighted by Crippen LogP contribution is -2.43. The van der Waals surface area contributed by atoms with E-state index in [1.165, 1.54) is 16.8 Å². The van der Waals surface area contributed by atoms with E-state index >= 15 is 0 Å². The monoisotopic (exact) mass is 443 g/mol. The van der Waals surface area contributed by atoms with Crippen molar-refractivity contribution in [1.82, 2.24) is 9.88 Å². The zero-order valence-electron chi connectivity index (χ0n) is 19.4. The van der Waals surface area contributed by atoms with Crippen LogP contribution >= 0.6 is 0 Å². The number of nitrogens with one attached hydrogen (secondary N) is 1. The van der Waals surface area contributed by atoms with Gasteiger partial charge in [0.2, 0.25) is 0 Å². The predicted molar refractivity (Wildman–Crippen MR) is 132 cm³/mol. The van der Waals surface area contributed by atoms with Crippen molar-refractivity contribution in [1.29, 1.82) is 0 Å². The minimum Gasteiger partial charge on any atom is -0.450 e. The zero-order valence-corrected chi connectivity index (χ0v) is 19.4. The number of carbonyl (C=O) groups excluding carboxylic acids is 1. The summed E-state index contributed by atoms with van der Waals surface area (Å²) in [5.74, 6) is 0. The van der Waals surface area contributed by atoms with Gasteiger partial charge in [-0.1, -0.05) is 48.5 Å². The van der Waals surface area contributed by atoms with Gasteiger partial charge in [-0.3, -0.25) is 15.2 Å². The molecule has 1 saturated heterocycles. The van der Waals surface area contributed by atoms with Crippen LogP contribution in [-0.4, -0.2) is 35.7 Å². The highest BCUT2D eigenvalue weighted by molar-refractivity contribution is 5.84. The third-order valence-corrected chi connectivity index (χ3v) is 6.64. The molecular formula is C28H33N3O2. The van der Waals surface area contributed by atoms with Crippen molar-refractivity contribution >= 4 is 11.8 Å². The van der Waals surface area contributed by atoms with Gasteiger partial charge in [0.1, 0.15) is 0 Å². The molecule has 2 aromatic carbocycles. The topological polar surface area (TPSA) is 54.5 Å². The minimum absolute atomic E-state index is 0.126. The van der Waals surface area contributed by atoms with Crippen molar-refractivity contribution in [2.75, 3.05) is 25.0 Å². The van der Waals surface area contributed by atoms with Gasteiger partial charge in [0.05, 0.1) is 6.61 Å². The second-order valence-corrected chi connectivity index (χ2v) is 8.80. The number of aromatic nitrogens is 1. The summed E-state index contributed by atoms with van der Waals surface area (Å²) in [5.41, 5.74) is 4.76. The second kappa shape index (κ2) is 11.1. The number of hydrogen-bond acceptors (Lipinski definition) is 4. The van der Waals surface area contributed by atoms with Gasteiger partial charge in [-0.05, 0) is 81.1 Å². The molecule has 33 heavy (non-hydrogen) atoms. The molecule has 4 rings (SSSR count). The maximum absolute atomic E-state index is 11.6. The average Bonchev–Trinajstić information content (AvgIpc) is 2.86. The fourth-order valence-electron chi connectivity index (χ4n) is 4.71. The summed E-state index contributed by atoms with van der Waals surface area (Å²) in [5, 5.41) is 2.75. The molecule has 0 unspecified atom stereocenters. The van der Waals surface area contributed by atoms with Crippen LogP contribution in [0, 0.1) is 0 Å². The number of rotatable bonds is 8. The molecule has 1 fully saturated rings. The minimum atomic E-state index is -0.414. The lowest BCUT2D eigenvalue weighted by atomic mass is 9.71. The van der Waals surface area contributed by atoms with E-state index in [0.717, 1.165) is 51.0 Å². The third kappa shape index (κ3) is 6.20. The van der Waals surface area contributed by atoms with Gasteiger partial charge >= 0.3 is 6.09 Å². The number of benzene rings is 2. The highest BCUT2D eigenvalue weighted by atomic mass is 16.5. The molecule has 5 heteroatoms. The van der Waals surface area contributed by atoms with E-state index in [2.05, 4.69) is 64.8 Å². The van der Waals surface area contributed by atoms with E-state index < -0.39 is 6.09 Å². The molecule has 0 spiro atoms. The summed E-state index contributed by atoms with van der Waals surface area (Å²) in [6.45, 7) is 5.18. The summed E-state index contributed by atoms with van der Waals surface area (Å²) in [7, 11) is 0. The largest absolute Gasteiger partial charge is 0.450 e. The molecule has 5 nitrogen and oxygen atoms in total. The molecule has 1 amide bonds.